The van der Waals surface area contributed by atoms with Gasteiger partial charge >= 0.3 is 0 Å². The van der Waals surface area contributed by atoms with E-state index < -0.39 is 0 Å². The van der Waals surface area contributed by atoms with Gasteiger partial charge in [-0.25, -0.2) is 0 Å². The summed E-state index contributed by atoms with van der Waals surface area (Å²) < 4.78 is 0. The van der Waals surface area contributed by atoms with Crippen molar-refractivity contribution >= 4 is 22.4 Å². The molecule has 1 heterocycles. The molecule has 0 spiro atoms. The number of aliphatic hydroxyl groups excluding tert-OH is 1. The molecule has 0 unspecified atom stereocenters. The highest BCUT2D eigenvalue weighted by molar-refractivity contribution is 6.07. The molecular weight excluding hydrogens is 278 g/mol. The fourth-order valence-corrected chi connectivity index (χ4v) is 2.34. The van der Waals surface area contributed by atoms with Gasteiger partial charge in [0.15, 0.2) is 0 Å². The van der Waals surface area contributed by atoms with E-state index in [1.54, 1.807) is 29.4 Å². The van der Waals surface area contributed by atoms with Crippen molar-refractivity contribution in [1.82, 2.24) is 10.2 Å². The van der Waals surface area contributed by atoms with E-state index in [-0.39, 0.29) is 19.1 Å². The smallest absolute Gasteiger partial charge is 0.258 e. The third-order valence-electron chi connectivity index (χ3n) is 3.43. The van der Waals surface area contributed by atoms with Gasteiger partial charge in [-0.15, -0.1) is 0 Å². The molecule has 0 aliphatic heterocycles. The molecule has 0 aliphatic carbocycles. The average Bonchev–Trinajstić information content (AvgIpc) is 2.59. The van der Waals surface area contributed by atoms with Gasteiger partial charge in [-0.1, -0.05) is 24.3 Å². The molecule has 1 aromatic heterocycles. The summed E-state index contributed by atoms with van der Waals surface area (Å²) in [4.78, 5) is 14.3. The van der Waals surface area contributed by atoms with Crippen LogP contribution in [0.25, 0.3) is 10.8 Å². The fraction of sp³-hybridized carbons (Fsp3) is 0.118. The topological polar surface area (TPSA) is 66.3 Å². The van der Waals surface area contributed by atoms with Crippen LogP contribution >= 0.6 is 0 Å². The Morgan fingerprint density at radius 3 is 2.45 bits per heavy atom. The number of carbonyl (C=O) groups is 1. The van der Waals surface area contributed by atoms with Gasteiger partial charge < -0.3 is 10.0 Å². The van der Waals surface area contributed by atoms with E-state index in [1.165, 1.54) is 0 Å². The normalized spacial score (nSPS) is 10.6. The van der Waals surface area contributed by atoms with Gasteiger partial charge in [-0.05, 0) is 24.3 Å². The molecule has 5 heteroatoms. The van der Waals surface area contributed by atoms with E-state index in [2.05, 4.69) is 10.2 Å². The Bertz CT molecular complexity index is 790. The maximum absolute atomic E-state index is 12.8. The zero-order valence-corrected chi connectivity index (χ0v) is 11.9. The van der Waals surface area contributed by atoms with Gasteiger partial charge in [0.1, 0.15) is 0 Å². The SMILES string of the molecule is O=C(c1ccc2cnncc2c1)N(CCO)c1ccccc1. The number of hydrogen-bond acceptors (Lipinski definition) is 4. The maximum atomic E-state index is 12.8. The minimum Gasteiger partial charge on any atom is -0.395 e. The zero-order valence-electron chi connectivity index (χ0n) is 11.9. The zero-order chi connectivity index (χ0) is 15.4. The van der Waals surface area contributed by atoms with Crippen LogP contribution in [-0.4, -0.2) is 34.4 Å². The summed E-state index contributed by atoms with van der Waals surface area (Å²) in [5.41, 5.74) is 1.31. The van der Waals surface area contributed by atoms with Crippen molar-refractivity contribution in [3.05, 3.63) is 66.5 Å². The molecule has 0 saturated heterocycles. The molecule has 3 rings (SSSR count). The number of rotatable bonds is 4. The number of hydrogen-bond donors (Lipinski definition) is 1. The number of nitrogens with zero attached hydrogens (tertiary/aromatic N) is 3. The summed E-state index contributed by atoms with van der Waals surface area (Å²) in [5, 5.41) is 18.7. The molecule has 22 heavy (non-hydrogen) atoms. The number of carbonyl (C=O) groups excluding carboxylic acids is 1. The quantitative estimate of drug-likeness (QED) is 0.801. The Hall–Kier alpha value is -2.79. The fourth-order valence-electron chi connectivity index (χ4n) is 2.34. The van der Waals surface area contributed by atoms with Gasteiger partial charge in [0, 0.05) is 28.6 Å². The highest BCUT2D eigenvalue weighted by Crippen LogP contribution is 2.19. The second kappa shape index (κ2) is 6.32. The van der Waals surface area contributed by atoms with Crippen molar-refractivity contribution in [2.75, 3.05) is 18.1 Å². The van der Waals surface area contributed by atoms with E-state index in [4.69, 9.17) is 0 Å². The molecule has 3 aromatic rings. The van der Waals surface area contributed by atoms with Gasteiger partial charge in [0.25, 0.3) is 5.91 Å². The van der Waals surface area contributed by atoms with E-state index in [0.29, 0.717) is 5.56 Å². The minimum atomic E-state index is -0.154. The third kappa shape index (κ3) is 2.80. The molecule has 0 saturated carbocycles. The summed E-state index contributed by atoms with van der Waals surface area (Å²) in [7, 11) is 0. The van der Waals surface area contributed by atoms with E-state index >= 15 is 0 Å². The highest BCUT2D eigenvalue weighted by atomic mass is 16.3. The minimum absolute atomic E-state index is 0.0975. The molecule has 5 nitrogen and oxygen atoms in total. The van der Waals surface area contributed by atoms with Crippen LogP contribution in [-0.2, 0) is 0 Å². The van der Waals surface area contributed by atoms with E-state index in [1.807, 2.05) is 36.4 Å². The number of para-hydroxylation sites is 1. The number of aromatic nitrogens is 2. The van der Waals surface area contributed by atoms with Crippen LogP contribution in [0.1, 0.15) is 10.4 Å². The number of amides is 1. The molecule has 0 radical (unpaired) electrons. The van der Waals surface area contributed by atoms with Gasteiger partial charge in [0.2, 0.25) is 0 Å². The first-order valence-corrected chi connectivity index (χ1v) is 6.98. The second-order valence-electron chi connectivity index (χ2n) is 4.85. The summed E-state index contributed by atoms with van der Waals surface area (Å²) in [6, 6.07) is 14.7. The van der Waals surface area contributed by atoms with Crippen molar-refractivity contribution in [2.45, 2.75) is 0 Å². The molecule has 110 valence electrons. The monoisotopic (exact) mass is 293 g/mol. The lowest BCUT2D eigenvalue weighted by Gasteiger charge is -2.22. The van der Waals surface area contributed by atoms with Crippen LogP contribution in [0.4, 0.5) is 5.69 Å². The maximum Gasteiger partial charge on any atom is 0.258 e. The molecule has 1 amide bonds. The summed E-state index contributed by atoms with van der Waals surface area (Å²) in [5.74, 6) is -0.154. The standard InChI is InChI=1S/C17H15N3O2/c21-9-8-20(16-4-2-1-3-5-16)17(22)13-6-7-14-11-18-19-12-15(14)10-13/h1-7,10-12,21H,8-9H2. The molecular formula is C17H15N3O2. The van der Waals surface area contributed by atoms with Crippen molar-refractivity contribution in [1.29, 1.82) is 0 Å². The molecule has 0 aliphatic rings. The van der Waals surface area contributed by atoms with Crippen molar-refractivity contribution in [2.24, 2.45) is 0 Å². The number of fused-ring (bicyclic) bond motifs is 1. The molecule has 0 bridgehead atoms. The van der Waals surface area contributed by atoms with Crippen LogP contribution in [0.5, 0.6) is 0 Å². The molecule has 0 fully saturated rings. The Morgan fingerprint density at radius 1 is 1.00 bits per heavy atom. The summed E-state index contributed by atoms with van der Waals surface area (Å²) in [6.45, 7) is 0.148. The van der Waals surface area contributed by atoms with Crippen molar-refractivity contribution < 1.29 is 9.90 Å². The van der Waals surface area contributed by atoms with E-state index in [9.17, 15) is 9.90 Å². The van der Waals surface area contributed by atoms with Crippen molar-refractivity contribution in [3.63, 3.8) is 0 Å². The predicted molar refractivity (Wildman–Crippen MR) is 84.7 cm³/mol. The number of anilines is 1. The van der Waals surface area contributed by atoms with Gasteiger partial charge in [-0.3, -0.25) is 4.79 Å². The van der Waals surface area contributed by atoms with Gasteiger partial charge in [0.05, 0.1) is 19.0 Å². The molecule has 0 atom stereocenters. The Morgan fingerprint density at radius 2 is 1.73 bits per heavy atom. The van der Waals surface area contributed by atoms with Crippen molar-refractivity contribution in [3.8, 4) is 0 Å². The predicted octanol–water partition coefficient (Wildman–Crippen LogP) is 2.27. The van der Waals surface area contributed by atoms with Crippen LogP contribution in [0.3, 0.4) is 0 Å². The summed E-state index contributed by atoms with van der Waals surface area (Å²) in [6.07, 6.45) is 3.29. The number of benzene rings is 2. The first-order chi connectivity index (χ1) is 10.8. The first-order valence-electron chi connectivity index (χ1n) is 6.98. The lowest BCUT2D eigenvalue weighted by molar-refractivity contribution is 0.0981. The Balaban J connectivity index is 1.98. The Kier molecular flexibility index (Phi) is 4.07. The summed E-state index contributed by atoms with van der Waals surface area (Å²) >= 11 is 0. The second-order valence-corrected chi connectivity index (χ2v) is 4.85. The largest absolute Gasteiger partial charge is 0.395 e. The average molecular weight is 293 g/mol. The van der Waals surface area contributed by atoms with E-state index in [0.717, 1.165) is 16.5 Å². The molecule has 2 aromatic carbocycles. The van der Waals surface area contributed by atoms with Crippen LogP contribution < -0.4 is 4.90 Å². The number of aliphatic hydroxyl groups is 1. The highest BCUT2D eigenvalue weighted by Gasteiger charge is 2.17. The lowest BCUT2D eigenvalue weighted by Crippen LogP contribution is -2.33. The Labute approximate surface area is 127 Å². The van der Waals surface area contributed by atoms with Gasteiger partial charge in [-0.2, -0.15) is 10.2 Å². The van der Waals surface area contributed by atoms with Crippen LogP contribution in [0, 0.1) is 0 Å². The third-order valence-corrected chi connectivity index (χ3v) is 3.43. The lowest BCUT2D eigenvalue weighted by atomic mass is 10.1. The molecule has 1 N–H and O–H groups in total. The van der Waals surface area contributed by atoms with Crippen LogP contribution in [0.2, 0.25) is 0 Å². The van der Waals surface area contributed by atoms with Crippen LogP contribution in [0.15, 0.2) is 60.9 Å². The first kappa shape index (κ1) is 14.2.